The lowest BCUT2D eigenvalue weighted by Crippen LogP contribution is -1.97. The smallest absolute Gasteiger partial charge is 0.156 e. The van der Waals surface area contributed by atoms with Crippen molar-refractivity contribution >= 4 is 0 Å². The zero-order valence-corrected chi connectivity index (χ0v) is 7.05. The van der Waals surface area contributed by atoms with Gasteiger partial charge in [0.2, 0.25) is 0 Å². The van der Waals surface area contributed by atoms with E-state index < -0.39 is 0 Å². The monoisotopic (exact) mass is 178 g/mol. The maximum Gasteiger partial charge on any atom is 0.156 e. The van der Waals surface area contributed by atoms with Gasteiger partial charge < -0.3 is 14.8 Å². The first-order chi connectivity index (χ1) is 6.38. The van der Waals surface area contributed by atoms with Crippen LogP contribution in [0, 0.1) is 0 Å². The lowest BCUT2D eigenvalue weighted by Gasteiger charge is -1.95. The summed E-state index contributed by atoms with van der Waals surface area (Å²) in [5, 5.41) is 3.61. The molecule has 0 bridgehead atoms. The summed E-state index contributed by atoms with van der Waals surface area (Å²) in [5.41, 5.74) is 6.30. The molecule has 0 fully saturated rings. The predicted molar refractivity (Wildman–Crippen MR) is 45.7 cm³/mol. The third kappa shape index (κ3) is 1.75. The molecule has 2 aromatic rings. The Morgan fingerprint density at radius 2 is 2.46 bits per heavy atom. The van der Waals surface area contributed by atoms with Gasteiger partial charge in [0.15, 0.2) is 5.76 Å². The molecule has 0 saturated carbocycles. The van der Waals surface area contributed by atoms with Crippen molar-refractivity contribution in [2.45, 2.75) is 13.1 Å². The Bertz CT molecular complexity index is 365. The van der Waals surface area contributed by atoms with Crippen LogP contribution in [0.25, 0.3) is 0 Å². The van der Waals surface area contributed by atoms with Gasteiger partial charge in [0.25, 0.3) is 0 Å². The van der Waals surface area contributed by atoms with E-state index in [4.69, 9.17) is 10.3 Å². The maximum absolute atomic E-state index is 5.42. The topological polar surface area (TPSA) is 69.9 Å². The summed E-state index contributed by atoms with van der Waals surface area (Å²) >= 11 is 0. The molecule has 5 heteroatoms. The van der Waals surface area contributed by atoms with E-state index in [9.17, 15) is 0 Å². The van der Waals surface area contributed by atoms with Gasteiger partial charge in [-0.3, -0.25) is 0 Å². The van der Waals surface area contributed by atoms with E-state index in [0.29, 0.717) is 13.1 Å². The van der Waals surface area contributed by atoms with Crippen LogP contribution in [0.3, 0.4) is 0 Å². The summed E-state index contributed by atoms with van der Waals surface area (Å²) in [6, 6.07) is 1.82. The standard InChI is InChI=1S/C8H10N4O/c9-3-7-4-12(6-10-7)5-8-1-2-11-13-8/h1-2,4,6H,3,5,9H2. The summed E-state index contributed by atoms with van der Waals surface area (Å²) in [7, 11) is 0. The maximum atomic E-state index is 5.42. The highest BCUT2D eigenvalue weighted by molar-refractivity contribution is 5.00. The average Bonchev–Trinajstić information content (AvgIpc) is 2.76. The third-order valence-corrected chi connectivity index (χ3v) is 1.73. The van der Waals surface area contributed by atoms with Gasteiger partial charge in [-0.2, -0.15) is 0 Å². The first-order valence-electron chi connectivity index (χ1n) is 3.99. The fourth-order valence-corrected chi connectivity index (χ4v) is 1.10. The fraction of sp³-hybridized carbons (Fsp3) is 0.250. The van der Waals surface area contributed by atoms with Crippen molar-refractivity contribution in [2.75, 3.05) is 0 Å². The highest BCUT2D eigenvalue weighted by atomic mass is 16.5. The second-order valence-corrected chi connectivity index (χ2v) is 2.72. The molecule has 0 radical (unpaired) electrons. The predicted octanol–water partition coefficient (Wildman–Crippen LogP) is 0.378. The van der Waals surface area contributed by atoms with Crippen LogP contribution in [-0.2, 0) is 13.1 Å². The minimum Gasteiger partial charge on any atom is -0.359 e. The van der Waals surface area contributed by atoms with Crippen LogP contribution in [0.4, 0.5) is 0 Å². The SMILES string of the molecule is NCc1cn(Cc2ccno2)cn1. The number of hydrogen-bond donors (Lipinski definition) is 1. The molecule has 0 aliphatic rings. The minimum atomic E-state index is 0.462. The molecule has 5 nitrogen and oxygen atoms in total. The van der Waals surface area contributed by atoms with Gasteiger partial charge in [-0.15, -0.1) is 0 Å². The number of imidazole rings is 1. The summed E-state index contributed by atoms with van der Waals surface area (Å²) in [6.45, 7) is 1.11. The molecular weight excluding hydrogens is 168 g/mol. The van der Waals surface area contributed by atoms with Crippen molar-refractivity contribution < 1.29 is 4.52 Å². The number of nitrogens with zero attached hydrogens (tertiary/aromatic N) is 3. The number of hydrogen-bond acceptors (Lipinski definition) is 4. The molecule has 0 aliphatic carbocycles. The van der Waals surface area contributed by atoms with Crippen molar-refractivity contribution in [2.24, 2.45) is 5.73 Å². The molecule has 2 N–H and O–H groups in total. The quantitative estimate of drug-likeness (QED) is 0.737. The zero-order chi connectivity index (χ0) is 9.10. The zero-order valence-electron chi connectivity index (χ0n) is 7.05. The van der Waals surface area contributed by atoms with Gasteiger partial charge >= 0.3 is 0 Å². The molecule has 0 amide bonds. The van der Waals surface area contributed by atoms with E-state index in [0.717, 1.165) is 11.5 Å². The van der Waals surface area contributed by atoms with Gasteiger partial charge in [-0.25, -0.2) is 4.98 Å². The molecule has 2 aromatic heterocycles. The number of nitrogens with two attached hydrogens (primary N) is 1. The summed E-state index contributed by atoms with van der Waals surface area (Å²) in [6.07, 6.45) is 5.24. The molecule has 2 rings (SSSR count). The van der Waals surface area contributed by atoms with Crippen molar-refractivity contribution in [1.29, 1.82) is 0 Å². The van der Waals surface area contributed by atoms with Crippen LogP contribution < -0.4 is 5.73 Å². The molecule has 0 aromatic carbocycles. The van der Waals surface area contributed by atoms with Gasteiger partial charge in [-0.05, 0) is 0 Å². The van der Waals surface area contributed by atoms with E-state index in [-0.39, 0.29) is 0 Å². The second kappa shape index (κ2) is 3.40. The summed E-state index contributed by atoms with van der Waals surface area (Å²) in [5.74, 6) is 0.806. The van der Waals surface area contributed by atoms with Gasteiger partial charge in [0, 0.05) is 18.8 Å². The number of rotatable bonds is 3. The molecule has 0 saturated heterocycles. The molecule has 68 valence electrons. The second-order valence-electron chi connectivity index (χ2n) is 2.72. The molecule has 0 unspecified atom stereocenters. The van der Waals surface area contributed by atoms with Crippen molar-refractivity contribution in [1.82, 2.24) is 14.7 Å². The largest absolute Gasteiger partial charge is 0.359 e. The first-order valence-corrected chi connectivity index (χ1v) is 3.99. The Morgan fingerprint density at radius 3 is 3.08 bits per heavy atom. The van der Waals surface area contributed by atoms with Crippen LogP contribution in [0.2, 0.25) is 0 Å². The Hall–Kier alpha value is -1.62. The van der Waals surface area contributed by atoms with Crippen LogP contribution in [0.15, 0.2) is 29.3 Å². The van der Waals surface area contributed by atoms with Crippen molar-refractivity contribution in [3.05, 3.63) is 36.2 Å². The number of aromatic nitrogens is 3. The van der Waals surface area contributed by atoms with Crippen LogP contribution in [0.1, 0.15) is 11.5 Å². The molecular formula is C8H10N4O. The van der Waals surface area contributed by atoms with Crippen molar-refractivity contribution in [3.8, 4) is 0 Å². The Kier molecular flexibility index (Phi) is 2.09. The fourth-order valence-electron chi connectivity index (χ4n) is 1.10. The molecule has 0 aliphatic heterocycles. The molecule has 2 heterocycles. The lowest BCUT2D eigenvalue weighted by molar-refractivity contribution is 0.376. The summed E-state index contributed by atoms with van der Waals surface area (Å²) < 4.78 is 6.86. The molecule has 0 spiro atoms. The van der Waals surface area contributed by atoms with Crippen LogP contribution >= 0.6 is 0 Å². The minimum absolute atomic E-state index is 0.462. The van der Waals surface area contributed by atoms with Crippen molar-refractivity contribution in [3.63, 3.8) is 0 Å². The summed E-state index contributed by atoms with van der Waals surface area (Å²) in [4.78, 5) is 4.09. The van der Waals surface area contributed by atoms with Gasteiger partial charge in [0.05, 0.1) is 24.8 Å². The Labute approximate surface area is 75.2 Å². The van der Waals surface area contributed by atoms with Crippen LogP contribution in [-0.4, -0.2) is 14.7 Å². The van der Waals surface area contributed by atoms with E-state index in [1.165, 1.54) is 0 Å². The molecule has 13 heavy (non-hydrogen) atoms. The van der Waals surface area contributed by atoms with E-state index in [1.54, 1.807) is 12.5 Å². The average molecular weight is 178 g/mol. The first kappa shape index (κ1) is 8.00. The van der Waals surface area contributed by atoms with E-state index >= 15 is 0 Å². The third-order valence-electron chi connectivity index (χ3n) is 1.73. The molecule has 0 atom stereocenters. The Morgan fingerprint density at radius 1 is 1.54 bits per heavy atom. The van der Waals surface area contributed by atoms with Gasteiger partial charge in [0.1, 0.15) is 0 Å². The highest BCUT2D eigenvalue weighted by Crippen LogP contribution is 2.02. The van der Waals surface area contributed by atoms with E-state index in [1.807, 2.05) is 16.8 Å². The van der Waals surface area contributed by atoms with E-state index in [2.05, 4.69) is 10.1 Å². The lowest BCUT2D eigenvalue weighted by atomic mass is 10.4. The van der Waals surface area contributed by atoms with Crippen LogP contribution in [0.5, 0.6) is 0 Å². The van der Waals surface area contributed by atoms with Gasteiger partial charge in [-0.1, -0.05) is 5.16 Å². The highest BCUT2D eigenvalue weighted by Gasteiger charge is 2.00. The normalized spacial score (nSPS) is 10.5. The Balaban J connectivity index is 2.10.